The quantitative estimate of drug-likeness (QED) is 0.770. The van der Waals surface area contributed by atoms with Crippen molar-refractivity contribution in [2.24, 2.45) is 5.92 Å². The van der Waals surface area contributed by atoms with Gasteiger partial charge in [0.05, 0.1) is 12.5 Å². The summed E-state index contributed by atoms with van der Waals surface area (Å²) in [6, 6.07) is 7.13. The maximum absolute atomic E-state index is 11.9. The van der Waals surface area contributed by atoms with Crippen molar-refractivity contribution in [2.75, 3.05) is 20.1 Å². The van der Waals surface area contributed by atoms with E-state index in [0.29, 0.717) is 12.3 Å². The van der Waals surface area contributed by atoms with Crippen LogP contribution in [-0.4, -0.2) is 48.2 Å². The number of urea groups is 1. The largest absolute Gasteiger partial charge is 0.489 e. The van der Waals surface area contributed by atoms with Crippen LogP contribution in [0.2, 0.25) is 0 Å². The van der Waals surface area contributed by atoms with E-state index < -0.39 is 11.9 Å². The lowest BCUT2D eigenvalue weighted by Gasteiger charge is -2.22. The van der Waals surface area contributed by atoms with Gasteiger partial charge >= 0.3 is 12.0 Å². The second kappa shape index (κ2) is 8.63. The lowest BCUT2D eigenvalue weighted by molar-refractivity contribution is -0.141. The lowest BCUT2D eigenvalue weighted by Crippen LogP contribution is -2.43. The minimum Gasteiger partial charge on any atom is -0.489 e. The number of benzene rings is 1. The Bertz CT molecular complexity index is 524. The fourth-order valence-electron chi connectivity index (χ4n) is 1.75. The zero-order chi connectivity index (χ0) is 16.7. The molecule has 2 unspecified atom stereocenters. The molecule has 0 bridgehead atoms. The van der Waals surface area contributed by atoms with Crippen LogP contribution in [0.4, 0.5) is 4.79 Å². The first-order valence-corrected chi connectivity index (χ1v) is 7.73. The van der Waals surface area contributed by atoms with Crippen LogP contribution in [0.5, 0.6) is 5.75 Å². The summed E-state index contributed by atoms with van der Waals surface area (Å²) >= 11 is 3.36. The number of carbonyl (C=O) groups is 2. The van der Waals surface area contributed by atoms with Gasteiger partial charge in [-0.05, 0) is 25.1 Å². The molecule has 0 aliphatic carbocycles. The van der Waals surface area contributed by atoms with E-state index in [1.54, 1.807) is 14.0 Å². The minimum absolute atomic E-state index is 0.155. The van der Waals surface area contributed by atoms with Gasteiger partial charge in [-0.15, -0.1) is 0 Å². The summed E-state index contributed by atoms with van der Waals surface area (Å²) in [5.74, 6) is -0.818. The summed E-state index contributed by atoms with van der Waals surface area (Å²) in [7, 11) is 1.56. The maximum Gasteiger partial charge on any atom is 0.317 e. The van der Waals surface area contributed by atoms with Crippen molar-refractivity contribution >= 4 is 27.9 Å². The van der Waals surface area contributed by atoms with Crippen LogP contribution >= 0.6 is 15.9 Å². The molecule has 122 valence electrons. The van der Waals surface area contributed by atoms with Crippen LogP contribution in [0.15, 0.2) is 28.7 Å². The summed E-state index contributed by atoms with van der Waals surface area (Å²) in [6.45, 7) is 3.89. The summed E-state index contributed by atoms with van der Waals surface area (Å²) in [5, 5.41) is 11.6. The van der Waals surface area contributed by atoms with Crippen molar-refractivity contribution in [3.05, 3.63) is 28.7 Å². The zero-order valence-electron chi connectivity index (χ0n) is 12.9. The normalized spacial score (nSPS) is 13.1. The predicted molar refractivity (Wildman–Crippen MR) is 87.1 cm³/mol. The fraction of sp³-hybridized carbons (Fsp3) is 0.467. The highest BCUT2D eigenvalue weighted by Crippen LogP contribution is 2.18. The Hall–Kier alpha value is -1.76. The SMILES string of the molecule is CC(CNC(=O)N(C)CC(C)C(=O)O)Oc1cccc(Br)c1. The number of aliphatic carboxylic acids is 1. The molecule has 0 radical (unpaired) electrons. The average molecular weight is 373 g/mol. The molecule has 1 aromatic rings. The number of carboxylic acids is 1. The van der Waals surface area contributed by atoms with Gasteiger partial charge in [-0.25, -0.2) is 4.79 Å². The van der Waals surface area contributed by atoms with Gasteiger partial charge in [0, 0.05) is 18.1 Å². The van der Waals surface area contributed by atoms with Gasteiger partial charge in [-0.3, -0.25) is 4.79 Å². The maximum atomic E-state index is 11.9. The van der Waals surface area contributed by atoms with Crippen LogP contribution < -0.4 is 10.1 Å². The first-order valence-electron chi connectivity index (χ1n) is 6.93. The van der Waals surface area contributed by atoms with Crippen molar-refractivity contribution in [3.63, 3.8) is 0 Å². The van der Waals surface area contributed by atoms with Crippen LogP contribution in [-0.2, 0) is 4.79 Å². The molecule has 0 fully saturated rings. The highest BCUT2D eigenvalue weighted by atomic mass is 79.9. The van der Waals surface area contributed by atoms with E-state index in [2.05, 4.69) is 21.2 Å². The number of ether oxygens (including phenoxy) is 1. The number of hydrogen-bond donors (Lipinski definition) is 2. The van der Waals surface area contributed by atoms with E-state index in [4.69, 9.17) is 9.84 Å². The highest BCUT2D eigenvalue weighted by Gasteiger charge is 2.17. The van der Waals surface area contributed by atoms with E-state index in [1.165, 1.54) is 4.90 Å². The Labute approximate surface area is 138 Å². The topological polar surface area (TPSA) is 78.9 Å². The van der Waals surface area contributed by atoms with Gasteiger partial charge in [0.2, 0.25) is 0 Å². The van der Waals surface area contributed by atoms with E-state index in [-0.39, 0.29) is 18.7 Å². The number of amides is 2. The monoisotopic (exact) mass is 372 g/mol. The lowest BCUT2D eigenvalue weighted by atomic mass is 10.2. The third-order valence-corrected chi connectivity index (χ3v) is 3.48. The molecule has 1 rings (SSSR count). The molecule has 0 saturated carbocycles. The fourth-order valence-corrected chi connectivity index (χ4v) is 2.13. The van der Waals surface area contributed by atoms with E-state index in [1.807, 2.05) is 31.2 Å². The van der Waals surface area contributed by atoms with Gasteiger partial charge < -0.3 is 20.1 Å². The zero-order valence-corrected chi connectivity index (χ0v) is 14.5. The van der Waals surface area contributed by atoms with Crippen LogP contribution in [0.25, 0.3) is 0 Å². The molecule has 2 N–H and O–H groups in total. The molecule has 0 spiro atoms. The van der Waals surface area contributed by atoms with Gasteiger partial charge in [0.25, 0.3) is 0 Å². The summed E-state index contributed by atoms with van der Waals surface area (Å²) in [4.78, 5) is 24.0. The first kappa shape index (κ1) is 18.3. The Morgan fingerprint density at radius 2 is 2.09 bits per heavy atom. The van der Waals surface area contributed by atoms with Gasteiger partial charge in [0.15, 0.2) is 0 Å². The molecule has 0 aliphatic heterocycles. The van der Waals surface area contributed by atoms with Crippen molar-refractivity contribution in [1.82, 2.24) is 10.2 Å². The van der Waals surface area contributed by atoms with Crippen molar-refractivity contribution in [3.8, 4) is 5.75 Å². The third-order valence-electron chi connectivity index (χ3n) is 2.99. The smallest absolute Gasteiger partial charge is 0.317 e. The Morgan fingerprint density at radius 1 is 1.41 bits per heavy atom. The second-order valence-corrected chi connectivity index (χ2v) is 6.11. The minimum atomic E-state index is -0.925. The van der Waals surface area contributed by atoms with Crippen LogP contribution in [0.1, 0.15) is 13.8 Å². The first-order chi connectivity index (χ1) is 10.3. The van der Waals surface area contributed by atoms with E-state index in [9.17, 15) is 9.59 Å². The molecule has 0 aliphatic rings. The van der Waals surface area contributed by atoms with Gasteiger partial charge in [0.1, 0.15) is 11.9 Å². The summed E-state index contributed by atoms with van der Waals surface area (Å²) in [6.07, 6.45) is -0.205. The second-order valence-electron chi connectivity index (χ2n) is 5.19. The number of hydrogen-bond acceptors (Lipinski definition) is 3. The number of rotatable bonds is 7. The molecule has 0 saturated heterocycles. The summed E-state index contributed by atoms with van der Waals surface area (Å²) in [5.41, 5.74) is 0. The van der Waals surface area contributed by atoms with Gasteiger partial charge in [-0.2, -0.15) is 0 Å². The number of nitrogens with zero attached hydrogens (tertiary/aromatic N) is 1. The van der Waals surface area contributed by atoms with Crippen LogP contribution in [0.3, 0.4) is 0 Å². The van der Waals surface area contributed by atoms with Crippen LogP contribution in [0, 0.1) is 5.92 Å². The van der Waals surface area contributed by atoms with E-state index >= 15 is 0 Å². The van der Waals surface area contributed by atoms with Crippen molar-refractivity contribution in [1.29, 1.82) is 0 Å². The Morgan fingerprint density at radius 3 is 2.68 bits per heavy atom. The molecule has 7 heteroatoms. The standard InChI is InChI=1S/C15H21BrN2O4/c1-10(14(19)20)9-18(3)15(21)17-8-11(2)22-13-6-4-5-12(16)7-13/h4-7,10-11H,8-9H2,1-3H3,(H,17,21)(H,19,20). The average Bonchev–Trinajstić information content (AvgIpc) is 2.44. The van der Waals surface area contributed by atoms with E-state index in [0.717, 1.165) is 4.47 Å². The number of carboxylic acid groups (broad SMARTS) is 1. The molecule has 2 amide bonds. The summed E-state index contributed by atoms with van der Waals surface area (Å²) < 4.78 is 6.61. The Balaban J connectivity index is 2.38. The molecule has 6 nitrogen and oxygen atoms in total. The molecular weight excluding hydrogens is 352 g/mol. The molecule has 2 atom stereocenters. The number of halogens is 1. The van der Waals surface area contributed by atoms with Crippen molar-refractivity contribution in [2.45, 2.75) is 20.0 Å². The molecule has 22 heavy (non-hydrogen) atoms. The predicted octanol–water partition coefficient (Wildman–Crippen LogP) is 2.58. The molecule has 0 aromatic heterocycles. The number of nitrogens with one attached hydrogen (secondary N) is 1. The Kier molecular flexibility index (Phi) is 7.17. The molecule has 0 heterocycles. The van der Waals surface area contributed by atoms with Gasteiger partial charge in [-0.1, -0.05) is 28.9 Å². The van der Waals surface area contributed by atoms with Crippen molar-refractivity contribution < 1.29 is 19.4 Å². The molecule has 1 aromatic carbocycles. The third kappa shape index (κ3) is 6.34. The highest BCUT2D eigenvalue weighted by molar-refractivity contribution is 9.10. The number of carbonyl (C=O) groups excluding carboxylic acids is 1. The molecular formula is C15H21BrN2O4.